The maximum absolute atomic E-state index is 13.1. The number of nitrogens with one attached hydrogen (secondary N) is 1. The van der Waals surface area contributed by atoms with Crippen LogP contribution >= 0.6 is 11.6 Å². The zero-order valence-electron chi connectivity index (χ0n) is 15.9. The van der Waals surface area contributed by atoms with E-state index in [1.807, 2.05) is 67.5 Å². The molecule has 0 heterocycles. The van der Waals surface area contributed by atoms with Gasteiger partial charge < -0.3 is 15.3 Å². The van der Waals surface area contributed by atoms with Crippen molar-refractivity contribution in [1.29, 1.82) is 0 Å². The van der Waals surface area contributed by atoms with Crippen LogP contribution in [0.4, 0.5) is 5.69 Å². The average Bonchev–Trinajstić information content (AvgIpc) is 3.17. The molecule has 0 spiro atoms. The molecule has 2 N–H and O–H groups in total. The first-order chi connectivity index (χ1) is 12.9. The second-order valence-corrected chi connectivity index (χ2v) is 7.94. The molecule has 144 valence electrons. The standard InChI is InChI=1S/C22H27ClN2O2/c1-25(2)19-11-5-16(6-12-19)20(26)15-24-21(27)22(13-3-4-14-22)17-7-9-18(23)10-8-17/h5-12,20,26H,3-4,13-15H2,1-2H3,(H,24,27). The highest BCUT2D eigenvalue weighted by atomic mass is 35.5. The van der Waals surface area contributed by atoms with E-state index in [4.69, 9.17) is 11.6 Å². The number of anilines is 1. The minimum atomic E-state index is -0.728. The van der Waals surface area contributed by atoms with Crippen LogP contribution in [-0.4, -0.2) is 31.7 Å². The fraction of sp³-hybridized carbons (Fsp3) is 0.409. The highest BCUT2D eigenvalue weighted by Gasteiger charge is 2.42. The molecule has 0 aromatic heterocycles. The Morgan fingerprint density at radius 3 is 2.26 bits per heavy atom. The number of benzene rings is 2. The molecule has 1 amide bonds. The summed E-state index contributed by atoms with van der Waals surface area (Å²) in [5, 5.41) is 14.1. The van der Waals surface area contributed by atoms with Gasteiger partial charge in [0, 0.05) is 31.4 Å². The molecule has 1 unspecified atom stereocenters. The van der Waals surface area contributed by atoms with Crippen molar-refractivity contribution in [2.75, 3.05) is 25.5 Å². The van der Waals surface area contributed by atoms with Crippen LogP contribution in [0.2, 0.25) is 5.02 Å². The molecule has 3 rings (SSSR count). The molecule has 2 aromatic rings. The minimum Gasteiger partial charge on any atom is -0.387 e. The van der Waals surface area contributed by atoms with Crippen molar-refractivity contribution in [2.45, 2.75) is 37.2 Å². The van der Waals surface area contributed by atoms with Gasteiger partial charge in [0.15, 0.2) is 0 Å². The number of aliphatic hydroxyl groups excluding tert-OH is 1. The van der Waals surface area contributed by atoms with Gasteiger partial charge in [-0.3, -0.25) is 4.79 Å². The van der Waals surface area contributed by atoms with Crippen LogP contribution in [0.25, 0.3) is 0 Å². The van der Waals surface area contributed by atoms with Crippen molar-refractivity contribution in [2.24, 2.45) is 0 Å². The molecule has 1 fully saturated rings. The summed E-state index contributed by atoms with van der Waals surface area (Å²) in [6.45, 7) is 0.204. The van der Waals surface area contributed by atoms with Crippen LogP contribution in [-0.2, 0) is 10.2 Å². The Hall–Kier alpha value is -2.04. The fourth-order valence-electron chi connectivity index (χ4n) is 3.87. The minimum absolute atomic E-state index is 0.00807. The number of hydrogen-bond donors (Lipinski definition) is 2. The zero-order chi connectivity index (χ0) is 19.4. The van der Waals surface area contributed by atoms with Crippen LogP contribution in [0.15, 0.2) is 48.5 Å². The molecule has 0 radical (unpaired) electrons. The molecule has 2 aromatic carbocycles. The molecule has 0 saturated heterocycles. The average molecular weight is 387 g/mol. The van der Waals surface area contributed by atoms with Gasteiger partial charge in [-0.1, -0.05) is 48.7 Å². The number of rotatable bonds is 6. The van der Waals surface area contributed by atoms with Crippen LogP contribution in [0.3, 0.4) is 0 Å². The first kappa shape index (κ1) is 19.7. The van der Waals surface area contributed by atoms with Gasteiger partial charge in [0.1, 0.15) is 0 Å². The summed E-state index contributed by atoms with van der Waals surface area (Å²) in [7, 11) is 3.95. The van der Waals surface area contributed by atoms with Crippen molar-refractivity contribution in [3.63, 3.8) is 0 Å². The molecule has 4 nitrogen and oxygen atoms in total. The van der Waals surface area contributed by atoms with E-state index in [9.17, 15) is 9.90 Å². The summed E-state index contributed by atoms with van der Waals surface area (Å²) in [5.41, 5.74) is 2.36. The van der Waals surface area contributed by atoms with Crippen LogP contribution in [0.1, 0.15) is 42.9 Å². The molecular formula is C22H27ClN2O2. The lowest BCUT2D eigenvalue weighted by molar-refractivity contribution is -0.127. The van der Waals surface area contributed by atoms with Crippen LogP contribution in [0, 0.1) is 0 Å². The third kappa shape index (κ3) is 4.28. The van der Waals surface area contributed by atoms with Crippen molar-refractivity contribution in [3.8, 4) is 0 Å². The maximum Gasteiger partial charge on any atom is 0.230 e. The van der Waals surface area contributed by atoms with Gasteiger partial charge >= 0.3 is 0 Å². The summed E-state index contributed by atoms with van der Waals surface area (Å²) in [6, 6.07) is 15.3. The topological polar surface area (TPSA) is 52.6 Å². The smallest absolute Gasteiger partial charge is 0.230 e. The molecular weight excluding hydrogens is 360 g/mol. The summed E-state index contributed by atoms with van der Waals surface area (Å²) in [6.07, 6.45) is 2.99. The maximum atomic E-state index is 13.1. The zero-order valence-corrected chi connectivity index (χ0v) is 16.7. The molecule has 5 heteroatoms. The Morgan fingerprint density at radius 2 is 1.70 bits per heavy atom. The van der Waals surface area contributed by atoms with Gasteiger partial charge in [-0.25, -0.2) is 0 Å². The quantitative estimate of drug-likeness (QED) is 0.786. The second kappa shape index (κ2) is 8.32. The third-order valence-electron chi connectivity index (χ3n) is 5.54. The molecule has 1 aliphatic rings. The lowest BCUT2D eigenvalue weighted by Crippen LogP contribution is -2.44. The summed E-state index contributed by atoms with van der Waals surface area (Å²) < 4.78 is 0. The van der Waals surface area contributed by atoms with Gasteiger partial charge in [0.25, 0.3) is 0 Å². The van der Waals surface area contributed by atoms with Crippen molar-refractivity contribution in [3.05, 3.63) is 64.7 Å². The molecule has 0 aliphatic heterocycles. The van der Waals surface area contributed by atoms with Crippen molar-refractivity contribution in [1.82, 2.24) is 5.32 Å². The number of halogens is 1. The molecule has 1 atom stereocenters. The van der Waals surface area contributed by atoms with E-state index in [2.05, 4.69) is 5.32 Å². The molecule has 1 saturated carbocycles. The Balaban J connectivity index is 1.68. The van der Waals surface area contributed by atoms with E-state index in [0.29, 0.717) is 5.02 Å². The lowest BCUT2D eigenvalue weighted by atomic mass is 9.78. The highest BCUT2D eigenvalue weighted by molar-refractivity contribution is 6.30. The Kier molecular flexibility index (Phi) is 6.08. The van der Waals surface area contributed by atoms with E-state index in [-0.39, 0.29) is 12.5 Å². The number of aliphatic hydroxyl groups is 1. The molecule has 1 aliphatic carbocycles. The molecule has 0 bridgehead atoms. The predicted octanol–water partition coefficient (Wildman–Crippen LogP) is 4.07. The Morgan fingerprint density at radius 1 is 1.11 bits per heavy atom. The molecule has 27 heavy (non-hydrogen) atoms. The van der Waals surface area contributed by atoms with Gasteiger partial charge in [-0.2, -0.15) is 0 Å². The van der Waals surface area contributed by atoms with Gasteiger partial charge in [-0.15, -0.1) is 0 Å². The summed E-state index contributed by atoms with van der Waals surface area (Å²) in [5.74, 6) is -0.00807. The van der Waals surface area contributed by atoms with Gasteiger partial charge in [-0.05, 0) is 48.2 Å². The number of amides is 1. The van der Waals surface area contributed by atoms with E-state index < -0.39 is 11.5 Å². The summed E-state index contributed by atoms with van der Waals surface area (Å²) in [4.78, 5) is 15.1. The van der Waals surface area contributed by atoms with E-state index in [1.54, 1.807) is 0 Å². The van der Waals surface area contributed by atoms with Crippen molar-refractivity contribution < 1.29 is 9.90 Å². The number of carbonyl (C=O) groups is 1. The number of nitrogens with zero attached hydrogens (tertiary/aromatic N) is 1. The number of carbonyl (C=O) groups excluding carboxylic acids is 1. The monoisotopic (exact) mass is 386 g/mol. The Bertz CT molecular complexity index is 766. The SMILES string of the molecule is CN(C)c1ccc(C(O)CNC(=O)C2(c3ccc(Cl)cc3)CCCC2)cc1. The van der Waals surface area contributed by atoms with E-state index >= 15 is 0 Å². The first-order valence-corrected chi connectivity index (χ1v) is 9.80. The third-order valence-corrected chi connectivity index (χ3v) is 5.79. The fourth-order valence-corrected chi connectivity index (χ4v) is 3.99. The number of hydrogen-bond acceptors (Lipinski definition) is 3. The highest BCUT2D eigenvalue weighted by Crippen LogP contribution is 2.41. The largest absolute Gasteiger partial charge is 0.387 e. The van der Waals surface area contributed by atoms with Crippen LogP contribution < -0.4 is 10.2 Å². The second-order valence-electron chi connectivity index (χ2n) is 7.51. The Labute approximate surface area is 166 Å². The van der Waals surface area contributed by atoms with E-state index in [1.165, 1.54) is 0 Å². The summed E-state index contributed by atoms with van der Waals surface area (Å²) >= 11 is 6.01. The van der Waals surface area contributed by atoms with E-state index in [0.717, 1.165) is 42.5 Å². The van der Waals surface area contributed by atoms with Crippen LogP contribution in [0.5, 0.6) is 0 Å². The van der Waals surface area contributed by atoms with Gasteiger partial charge in [0.05, 0.1) is 11.5 Å². The first-order valence-electron chi connectivity index (χ1n) is 9.42. The lowest BCUT2D eigenvalue weighted by Gasteiger charge is -2.29. The van der Waals surface area contributed by atoms with Gasteiger partial charge in [0.2, 0.25) is 5.91 Å². The normalized spacial score (nSPS) is 16.7. The predicted molar refractivity (Wildman–Crippen MR) is 110 cm³/mol. The van der Waals surface area contributed by atoms with Crippen molar-refractivity contribution >= 4 is 23.2 Å².